The quantitative estimate of drug-likeness (QED) is 0.778. The van der Waals surface area contributed by atoms with Crippen molar-refractivity contribution in [2.75, 3.05) is 0 Å². The average Bonchev–Trinajstić information content (AvgIpc) is 2.07. The molecule has 14 heavy (non-hydrogen) atoms. The van der Waals surface area contributed by atoms with Crippen LogP contribution in [0.2, 0.25) is 0 Å². The second-order valence-corrected chi connectivity index (χ2v) is 4.45. The van der Waals surface area contributed by atoms with Gasteiger partial charge in [0.05, 0.1) is 0 Å². The molecule has 0 aliphatic carbocycles. The van der Waals surface area contributed by atoms with Crippen LogP contribution in [0.3, 0.4) is 0 Å². The Hall–Kier alpha value is -0.820. The lowest BCUT2D eigenvalue weighted by molar-refractivity contribution is 0.479. The third-order valence-corrected chi connectivity index (χ3v) is 2.60. The highest BCUT2D eigenvalue weighted by atomic mass is 14.6. The van der Waals surface area contributed by atoms with Crippen molar-refractivity contribution in [3.8, 4) is 0 Å². The van der Waals surface area contributed by atoms with Crippen molar-refractivity contribution in [3.05, 3.63) is 35.4 Å². The van der Waals surface area contributed by atoms with Crippen molar-refractivity contribution >= 4 is 0 Å². The molecule has 1 nitrogen and oxygen atoms in total. The molecule has 0 spiro atoms. The van der Waals surface area contributed by atoms with Crippen molar-refractivity contribution in [3.63, 3.8) is 0 Å². The molecule has 0 saturated carbocycles. The molecule has 0 aromatic heterocycles. The fourth-order valence-electron chi connectivity index (χ4n) is 1.93. The minimum Gasteiger partial charge on any atom is -0.328 e. The van der Waals surface area contributed by atoms with Crippen LogP contribution in [0.4, 0.5) is 0 Å². The highest BCUT2D eigenvalue weighted by Crippen LogP contribution is 2.15. The Balaban J connectivity index is 2.56. The number of rotatable bonds is 4. The number of hydrogen-bond donors (Lipinski definition) is 1. The van der Waals surface area contributed by atoms with E-state index in [0.29, 0.717) is 12.0 Å². The van der Waals surface area contributed by atoms with Crippen molar-refractivity contribution in [1.82, 2.24) is 0 Å². The van der Waals surface area contributed by atoms with Crippen LogP contribution in [0.25, 0.3) is 0 Å². The Labute approximate surface area is 87.3 Å². The van der Waals surface area contributed by atoms with E-state index in [4.69, 9.17) is 5.73 Å². The summed E-state index contributed by atoms with van der Waals surface area (Å²) < 4.78 is 0. The van der Waals surface area contributed by atoms with Crippen LogP contribution in [-0.2, 0) is 6.42 Å². The summed E-state index contributed by atoms with van der Waals surface area (Å²) in [5, 5.41) is 0. The van der Waals surface area contributed by atoms with Gasteiger partial charge in [-0.1, -0.05) is 31.2 Å². The Bertz CT molecular complexity index is 278. The molecule has 2 atom stereocenters. The molecule has 0 bridgehead atoms. The van der Waals surface area contributed by atoms with Crippen molar-refractivity contribution < 1.29 is 0 Å². The zero-order valence-electron chi connectivity index (χ0n) is 9.46. The number of aryl methyl sites for hydroxylation is 1. The van der Waals surface area contributed by atoms with Gasteiger partial charge in [0, 0.05) is 6.04 Å². The first kappa shape index (κ1) is 11.3. The highest BCUT2D eigenvalue weighted by Gasteiger charge is 2.07. The SMILES string of the molecule is Cc1ccccc1CC(C)CC(C)N. The fourth-order valence-corrected chi connectivity index (χ4v) is 1.93. The zero-order chi connectivity index (χ0) is 10.6. The van der Waals surface area contributed by atoms with E-state index in [2.05, 4.69) is 45.0 Å². The van der Waals surface area contributed by atoms with E-state index < -0.39 is 0 Å². The third kappa shape index (κ3) is 3.51. The third-order valence-electron chi connectivity index (χ3n) is 2.60. The number of benzene rings is 1. The maximum atomic E-state index is 5.79. The molecule has 0 amide bonds. The molecular formula is C13H21N. The van der Waals surface area contributed by atoms with E-state index in [1.165, 1.54) is 11.1 Å². The van der Waals surface area contributed by atoms with Crippen LogP contribution in [0.15, 0.2) is 24.3 Å². The minimum absolute atomic E-state index is 0.314. The van der Waals surface area contributed by atoms with Crippen LogP contribution >= 0.6 is 0 Å². The van der Waals surface area contributed by atoms with Gasteiger partial charge >= 0.3 is 0 Å². The highest BCUT2D eigenvalue weighted by molar-refractivity contribution is 5.25. The van der Waals surface area contributed by atoms with Gasteiger partial charge in [-0.05, 0) is 43.7 Å². The van der Waals surface area contributed by atoms with Gasteiger partial charge in [0.1, 0.15) is 0 Å². The van der Waals surface area contributed by atoms with E-state index >= 15 is 0 Å². The van der Waals surface area contributed by atoms with Gasteiger partial charge in [-0.25, -0.2) is 0 Å². The van der Waals surface area contributed by atoms with Crippen LogP contribution < -0.4 is 5.73 Å². The van der Waals surface area contributed by atoms with E-state index in [-0.39, 0.29) is 0 Å². The number of nitrogens with two attached hydrogens (primary N) is 1. The second kappa shape index (κ2) is 5.16. The Morgan fingerprint density at radius 2 is 1.86 bits per heavy atom. The summed E-state index contributed by atoms with van der Waals surface area (Å²) in [5.41, 5.74) is 8.64. The summed E-state index contributed by atoms with van der Waals surface area (Å²) in [6, 6.07) is 8.91. The number of hydrogen-bond acceptors (Lipinski definition) is 1. The maximum absolute atomic E-state index is 5.79. The largest absolute Gasteiger partial charge is 0.328 e. The topological polar surface area (TPSA) is 26.0 Å². The van der Waals surface area contributed by atoms with Crippen molar-refractivity contribution in [1.29, 1.82) is 0 Å². The van der Waals surface area contributed by atoms with Gasteiger partial charge in [-0.2, -0.15) is 0 Å². The second-order valence-electron chi connectivity index (χ2n) is 4.45. The summed E-state index contributed by atoms with van der Waals surface area (Å²) in [7, 11) is 0. The van der Waals surface area contributed by atoms with Crippen LogP contribution in [0, 0.1) is 12.8 Å². The van der Waals surface area contributed by atoms with Crippen LogP contribution in [0.5, 0.6) is 0 Å². The monoisotopic (exact) mass is 191 g/mol. The summed E-state index contributed by atoms with van der Waals surface area (Å²) in [6.45, 7) is 6.53. The molecule has 0 saturated heterocycles. The normalized spacial score (nSPS) is 15.1. The Kier molecular flexibility index (Phi) is 4.15. The van der Waals surface area contributed by atoms with Gasteiger partial charge in [0.2, 0.25) is 0 Å². The Morgan fingerprint density at radius 1 is 1.21 bits per heavy atom. The summed E-state index contributed by atoms with van der Waals surface area (Å²) in [4.78, 5) is 0. The molecule has 1 aromatic carbocycles. The van der Waals surface area contributed by atoms with E-state index in [9.17, 15) is 0 Å². The van der Waals surface area contributed by atoms with Crippen molar-refractivity contribution in [2.24, 2.45) is 11.7 Å². The van der Waals surface area contributed by atoms with Gasteiger partial charge in [0.25, 0.3) is 0 Å². The molecule has 2 N–H and O–H groups in total. The molecule has 2 unspecified atom stereocenters. The summed E-state index contributed by atoms with van der Waals surface area (Å²) >= 11 is 0. The molecule has 1 rings (SSSR count). The fraction of sp³-hybridized carbons (Fsp3) is 0.538. The lowest BCUT2D eigenvalue weighted by atomic mass is 9.93. The average molecular weight is 191 g/mol. The maximum Gasteiger partial charge on any atom is 0.00131 e. The summed E-state index contributed by atoms with van der Waals surface area (Å²) in [6.07, 6.45) is 2.25. The van der Waals surface area contributed by atoms with E-state index in [1.54, 1.807) is 0 Å². The van der Waals surface area contributed by atoms with Gasteiger partial charge in [-0.3, -0.25) is 0 Å². The molecule has 0 heterocycles. The molecular weight excluding hydrogens is 170 g/mol. The molecule has 0 aliphatic rings. The molecule has 0 aliphatic heterocycles. The first-order valence-corrected chi connectivity index (χ1v) is 5.39. The van der Waals surface area contributed by atoms with Crippen LogP contribution in [0.1, 0.15) is 31.4 Å². The van der Waals surface area contributed by atoms with Gasteiger partial charge in [-0.15, -0.1) is 0 Å². The lowest BCUT2D eigenvalue weighted by Gasteiger charge is -2.15. The smallest absolute Gasteiger partial charge is 0.00131 e. The molecule has 1 aromatic rings. The van der Waals surface area contributed by atoms with Crippen LogP contribution in [-0.4, -0.2) is 6.04 Å². The predicted octanol–water partition coefficient (Wildman–Crippen LogP) is 2.91. The van der Waals surface area contributed by atoms with E-state index in [1.807, 2.05) is 0 Å². The minimum atomic E-state index is 0.314. The first-order valence-electron chi connectivity index (χ1n) is 5.39. The first-order chi connectivity index (χ1) is 6.59. The molecule has 78 valence electrons. The Morgan fingerprint density at radius 3 is 2.43 bits per heavy atom. The van der Waals surface area contributed by atoms with E-state index in [0.717, 1.165) is 12.8 Å². The predicted molar refractivity (Wildman–Crippen MR) is 62.3 cm³/mol. The van der Waals surface area contributed by atoms with Crippen molar-refractivity contribution in [2.45, 2.75) is 39.7 Å². The summed E-state index contributed by atoms with van der Waals surface area (Å²) in [5.74, 6) is 0.677. The van der Waals surface area contributed by atoms with Gasteiger partial charge < -0.3 is 5.73 Å². The van der Waals surface area contributed by atoms with Gasteiger partial charge in [0.15, 0.2) is 0 Å². The molecule has 0 fully saturated rings. The zero-order valence-corrected chi connectivity index (χ0v) is 9.46. The molecule has 1 heteroatoms. The lowest BCUT2D eigenvalue weighted by Crippen LogP contribution is -2.19. The molecule has 0 radical (unpaired) electrons. The standard InChI is InChI=1S/C13H21N/c1-10(8-12(3)14)9-13-7-5-4-6-11(13)2/h4-7,10,12H,8-9,14H2,1-3H3.